The van der Waals surface area contributed by atoms with Gasteiger partial charge in [0.15, 0.2) is 0 Å². The Kier molecular flexibility index (Phi) is 4.84. The lowest BCUT2D eigenvalue weighted by atomic mass is 10.2. The average Bonchev–Trinajstić information content (AvgIpc) is 3.04. The molecule has 1 aromatic carbocycles. The van der Waals surface area contributed by atoms with E-state index in [9.17, 15) is 0 Å². The Bertz CT molecular complexity index is 814. The number of fused-ring (bicyclic) bond motifs is 1. The van der Waals surface area contributed by atoms with Crippen molar-refractivity contribution >= 4 is 33.8 Å². The lowest BCUT2D eigenvalue weighted by Crippen LogP contribution is -2.22. The Labute approximate surface area is 144 Å². The summed E-state index contributed by atoms with van der Waals surface area (Å²) in [4.78, 5) is 6.80. The predicted molar refractivity (Wildman–Crippen MR) is 94.8 cm³/mol. The Morgan fingerprint density at radius 3 is 2.70 bits per heavy atom. The zero-order chi connectivity index (χ0) is 16.4. The topological polar surface area (TPSA) is 51.8 Å². The SMILES string of the molecule is CC(C)Cn1nnn(CN(C)Cc2nc3ccccc3s2)c1=S. The number of rotatable bonds is 6. The van der Waals surface area contributed by atoms with Gasteiger partial charge in [0.2, 0.25) is 4.77 Å². The van der Waals surface area contributed by atoms with E-state index in [1.165, 1.54) is 4.70 Å². The van der Waals surface area contributed by atoms with Crippen molar-refractivity contribution < 1.29 is 0 Å². The highest BCUT2D eigenvalue weighted by molar-refractivity contribution is 7.71. The molecule has 0 saturated carbocycles. The molecule has 0 aliphatic rings. The van der Waals surface area contributed by atoms with Crippen LogP contribution in [-0.4, -0.2) is 36.7 Å². The summed E-state index contributed by atoms with van der Waals surface area (Å²) < 4.78 is 5.42. The number of hydrogen-bond acceptors (Lipinski definition) is 6. The van der Waals surface area contributed by atoms with Crippen LogP contribution >= 0.6 is 23.6 Å². The molecule has 0 unspecified atom stereocenters. The second-order valence-electron chi connectivity index (χ2n) is 6.07. The standard InChI is InChI=1S/C15H20N6S2/c1-11(2)8-20-15(22)21(18-17-20)10-19(3)9-14-16-12-6-4-5-7-13(12)23-14/h4-7,11H,8-10H2,1-3H3. The maximum absolute atomic E-state index is 5.44. The Hall–Kier alpha value is -1.64. The van der Waals surface area contributed by atoms with E-state index in [0.717, 1.165) is 23.6 Å². The highest BCUT2D eigenvalue weighted by atomic mass is 32.1. The first kappa shape index (κ1) is 16.2. The monoisotopic (exact) mass is 348 g/mol. The van der Waals surface area contributed by atoms with Crippen LogP contribution in [0, 0.1) is 10.7 Å². The molecule has 0 fully saturated rings. The zero-order valence-corrected chi connectivity index (χ0v) is 15.1. The van der Waals surface area contributed by atoms with E-state index in [-0.39, 0.29) is 0 Å². The van der Waals surface area contributed by atoms with Crippen molar-refractivity contribution in [2.45, 2.75) is 33.6 Å². The Morgan fingerprint density at radius 2 is 1.96 bits per heavy atom. The number of benzene rings is 1. The van der Waals surface area contributed by atoms with Crippen molar-refractivity contribution in [2.24, 2.45) is 5.92 Å². The minimum atomic E-state index is 0.493. The van der Waals surface area contributed by atoms with Crippen molar-refractivity contribution in [1.29, 1.82) is 0 Å². The molecule has 0 N–H and O–H groups in total. The Balaban J connectivity index is 1.68. The number of thiazole rings is 1. The normalized spacial score (nSPS) is 11.9. The minimum Gasteiger partial charge on any atom is -0.281 e. The number of para-hydroxylation sites is 1. The zero-order valence-electron chi connectivity index (χ0n) is 13.5. The molecular formula is C15H20N6S2. The molecule has 3 aromatic rings. The van der Waals surface area contributed by atoms with Crippen LogP contribution in [0.3, 0.4) is 0 Å². The van der Waals surface area contributed by atoms with Gasteiger partial charge in [-0.2, -0.15) is 0 Å². The van der Waals surface area contributed by atoms with Gasteiger partial charge >= 0.3 is 0 Å². The second kappa shape index (κ2) is 6.86. The molecule has 8 heteroatoms. The van der Waals surface area contributed by atoms with Gasteiger partial charge in [0, 0.05) is 6.54 Å². The number of aromatic nitrogens is 5. The quantitative estimate of drug-likeness (QED) is 0.641. The fourth-order valence-electron chi connectivity index (χ4n) is 2.35. The van der Waals surface area contributed by atoms with E-state index in [2.05, 4.69) is 40.2 Å². The summed E-state index contributed by atoms with van der Waals surface area (Å²) in [5, 5.41) is 9.39. The van der Waals surface area contributed by atoms with Gasteiger partial charge in [0.05, 0.1) is 23.4 Å². The van der Waals surface area contributed by atoms with Crippen molar-refractivity contribution in [2.75, 3.05) is 7.05 Å². The van der Waals surface area contributed by atoms with Crippen LogP contribution in [0.5, 0.6) is 0 Å². The Morgan fingerprint density at radius 1 is 1.22 bits per heavy atom. The van der Waals surface area contributed by atoms with Gasteiger partial charge < -0.3 is 0 Å². The lowest BCUT2D eigenvalue weighted by molar-refractivity contribution is 0.241. The van der Waals surface area contributed by atoms with Gasteiger partial charge in [0.25, 0.3) is 0 Å². The van der Waals surface area contributed by atoms with Gasteiger partial charge in [-0.3, -0.25) is 4.90 Å². The first-order valence-corrected chi connectivity index (χ1v) is 8.79. The maximum Gasteiger partial charge on any atom is 0.217 e. The van der Waals surface area contributed by atoms with E-state index >= 15 is 0 Å². The summed E-state index contributed by atoms with van der Waals surface area (Å²) in [7, 11) is 2.04. The molecular weight excluding hydrogens is 328 g/mol. The van der Waals surface area contributed by atoms with Crippen molar-refractivity contribution in [3.8, 4) is 0 Å². The summed E-state index contributed by atoms with van der Waals surface area (Å²) >= 11 is 7.17. The van der Waals surface area contributed by atoms with Crippen LogP contribution in [-0.2, 0) is 19.8 Å². The smallest absolute Gasteiger partial charge is 0.217 e. The van der Waals surface area contributed by atoms with Crippen molar-refractivity contribution in [3.05, 3.63) is 34.0 Å². The van der Waals surface area contributed by atoms with Crippen molar-refractivity contribution in [3.63, 3.8) is 0 Å². The highest BCUT2D eigenvalue weighted by Gasteiger charge is 2.10. The minimum absolute atomic E-state index is 0.493. The molecule has 0 spiro atoms. The van der Waals surface area contributed by atoms with Gasteiger partial charge in [-0.25, -0.2) is 14.3 Å². The summed E-state index contributed by atoms with van der Waals surface area (Å²) in [5.41, 5.74) is 1.06. The number of tetrazole rings is 1. The third-order valence-corrected chi connectivity index (χ3v) is 4.80. The van der Waals surface area contributed by atoms with Gasteiger partial charge in [-0.15, -0.1) is 11.3 Å². The molecule has 2 heterocycles. The molecule has 0 atom stereocenters. The molecule has 0 bridgehead atoms. The first-order chi connectivity index (χ1) is 11.0. The van der Waals surface area contributed by atoms with E-state index in [4.69, 9.17) is 12.2 Å². The van der Waals surface area contributed by atoms with Crippen LogP contribution in [0.2, 0.25) is 0 Å². The third-order valence-electron chi connectivity index (χ3n) is 3.35. The molecule has 3 rings (SSSR count). The fourth-order valence-corrected chi connectivity index (χ4v) is 3.61. The summed E-state index contributed by atoms with van der Waals surface area (Å²) in [6.07, 6.45) is 0. The van der Waals surface area contributed by atoms with E-state index in [0.29, 0.717) is 17.4 Å². The van der Waals surface area contributed by atoms with Gasteiger partial charge in [0.1, 0.15) is 5.01 Å². The van der Waals surface area contributed by atoms with E-state index < -0.39 is 0 Å². The highest BCUT2D eigenvalue weighted by Crippen LogP contribution is 2.22. The molecule has 0 amide bonds. The molecule has 0 radical (unpaired) electrons. The molecule has 0 saturated heterocycles. The van der Waals surface area contributed by atoms with Crippen LogP contribution in [0.1, 0.15) is 18.9 Å². The number of hydrogen-bond donors (Lipinski definition) is 0. The number of nitrogens with zero attached hydrogens (tertiary/aromatic N) is 6. The summed E-state index contributed by atoms with van der Waals surface area (Å²) in [6, 6.07) is 8.20. The molecule has 0 aliphatic carbocycles. The van der Waals surface area contributed by atoms with E-state index in [1.807, 2.05) is 25.2 Å². The molecule has 122 valence electrons. The van der Waals surface area contributed by atoms with Gasteiger partial charge in [-0.05, 0) is 47.7 Å². The fraction of sp³-hybridized carbons (Fsp3) is 0.467. The molecule has 2 aromatic heterocycles. The van der Waals surface area contributed by atoms with Crippen LogP contribution in [0.25, 0.3) is 10.2 Å². The summed E-state index contributed by atoms with van der Waals surface area (Å²) in [5.74, 6) is 0.493. The molecule has 23 heavy (non-hydrogen) atoms. The third kappa shape index (κ3) is 3.82. The molecule has 6 nitrogen and oxygen atoms in total. The second-order valence-corrected chi connectivity index (χ2v) is 7.55. The summed E-state index contributed by atoms with van der Waals surface area (Å²) in [6.45, 7) is 6.44. The van der Waals surface area contributed by atoms with E-state index in [1.54, 1.807) is 20.7 Å². The van der Waals surface area contributed by atoms with Crippen molar-refractivity contribution in [1.82, 2.24) is 29.7 Å². The van der Waals surface area contributed by atoms with Crippen LogP contribution in [0.4, 0.5) is 0 Å². The largest absolute Gasteiger partial charge is 0.281 e. The molecule has 0 aliphatic heterocycles. The first-order valence-electron chi connectivity index (χ1n) is 7.56. The van der Waals surface area contributed by atoms with Crippen LogP contribution in [0.15, 0.2) is 24.3 Å². The maximum atomic E-state index is 5.44. The predicted octanol–water partition coefficient (Wildman–Crippen LogP) is 3.16. The lowest BCUT2D eigenvalue weighted by Gasteiger charge is -2.14. The van der Waals surface area contributed by atoms with Crippen LogP contribution < -0.4 is 0 Å². The average molecular weight is 349 g/mol. The van der Waals surface area contributed by atoms with Gasteiger partial charge in [-0.1, -0.05) is 26.0 Å².